The second-order valence-electron chi connectivity index (χ2n) is 5.36. The topological polar surface area (TPSA) is 3.24 Å². The van der Waals surface area contributed by atoms with Gasteiger partial charge in [0.25, 0.3) is 0 Å². The van der Waals surface area contributed by atoms with E-state index in [4.69, 9.17) is 0 Å². The lowest BCUT2D eigenvalue weighted by Crippen LogP contribution is -2.41. The minimum absolute atomic E-state index is 0.465. The Hall–Kier alpha value is -0.0400. The molecule has 2 unspecified atom stereocenters. The maximum absolute atomic E-state index is 2.45. The van der Waals surface area contributed by atoms with Gasteiger partial charge in [0, 0.05) is 6.54 Å². The molecular weight excluding hydrogens is 170 g/mol. The van der Waals surface area contributed by atoms with Crippen LogP contribution in [0.4, 0.5) is 0 Å². The summed E-state index contributed by atoms with van der Waals surface area (Å²) in [6, 6.07) is 0. The maximum atomic E-state index is 2.45. The van der Waals surface area contributed by atoms with Gasteiger partial charge in [-0.1, -0.05) is 47.5 Å². The van der Waals surface area contributed by atoms with E-state index in [1.807, 2.05) is 0 Å². The zero-order valence-electron chi connectivity index (χ0n) is 11.2. The smallest absolute Gasteiger partial charge is 0.00343 e. The van der Waals surface area contributed by atoms with E-state index in [0.29, 0.717) is 5.41 Å². The van der Waals surface area contributed by atoms with E-state index >= 15 is 0 Å². The van der Waals surface area contributed by atoms with Crippen molar-refractivity contribution in [1.82, 2.24) is 4.90 Å². The Morgan fingerprint density at radius 1 is 1.00 bits per heavy atom. The molecule has 86 valence electrons. The SMILES string of the molecule is CCC(C)C(C)(CN(C)C)C(C)CC. The summed E-state index contributed by atoms with van der Waals surface area (Å²) in [7, 11) is 4.37. The molecule has 0 rings (SSSR count). The molecule has 0 aromatic carbocycles. The quantitative estimate of drug-likeness (QED) is 0.631. The molecule has 0 aliphatic rings. The van der Waals surface area contributed by atoms with Gasteiger partial charge < -0.3 is 4.90 Å². The van der Waals surface area contributed by atoms with E-state index in [-0.39, 0.29) is 0 Å². The summed E-state index contributed by atoms with van der Waals surface area (Å²) in [5.74, 6) is 1.61. The third kappa shape index (κ3) is 3.27. The molecule has 0 amide bonds. The van der Waals surface area contributed by atoms with Crippen molar-refractivity contribution in [2.75, 3.05) is 20.6 Å². The Labute approximate surface area is 90.9 Å². The lowest BCUT2D eigenvalue weighted by Gasteiger charge is -2.42. The van der Waals surface area contributed by atoms with E-state index in [1.165, 1.54) is 19.4 Å². The molecular formula is C13H29N. The van der Waals surface area contributed by atoms with Gasteiger partial charge in [0.05, 0.1) is 0 Å². The summed E-state index contributed by atoms with van der Waals surface area (Å²) in [6.07, 6.45) is 2.57. The highest BCUT2D eigenvalue weighted by atomic mass is 15.1. The Morgan fingerprint density at radius 2 is 1.36 bits per heavy atom. The van der Waals surface area contributed by atoms with E-state index in [9.17, 15) is 0 Å². The van der Waals surface area contributed by atoms with Crippen LogP contribution >= 0.6 is 0 Å². The molecule has 14 heavy (non-hydrogen) atoms. The fourth-order valence-electron chi connectivity index (χ4n) is 2.41. The normalized spacial score (nSPS) is 20.6. The van der Waals surface area contributed by atoms with Gasteiger partial charge in [-0.2, -0.15) is 0 Å². The molecule has 1 heteroatoms. The molecule has 0 fully saturated rings. The molecule has 0 radical (unpaired) electrons. The van der Waals surface area contributed by atoms with Gasteiger partial charge >= 0.3 is 0 Å². The lowest BCUT2D eigenvalue weighted by atomic mass is 9.67. The molecule has 0 aliphatic heterocycles. The van der Waals surface area contributed by atoms with Crippen LogP contribution in [-0.2, 0) is 0 Å². The maximum Gasteiger partial charge on any atom is 0.00343 e. The van der Waals surface area contributed by atoms with E-state index in [2.05, 4.69) is 53.6 Å². The highest BCUT2D eigenvalue weighted by Crippen LogP contribution is 2.39. The third-order valence-corrected chi connectivity index (χ3v) is 4.13. The molecule has 1 nitrogen and oxygen atoms in total. The zero-order valence-corrected chi connectivity index (χ0v) is 11.2. The largest absolute Gasteiger partial charge is 0.309 e. The predicted molar refractivity (Wildman–Crippen MR) is 65.6 cm³/mol. The van der Waals surface area contributed by atoms with Gasteiger partial charge in [-0.25, -0.2) is 0 Å². The van der Waals surface area contributed by atoms with Crippen molar-refractivity contribution in [2.24, 2.45) is 17.3 Å². The van der Waals surface area contributed by atoms with Crippen LogP contribution in [0.5, 0.6) is 0 Å². The number of hydrogen-bond acceptors (Lipinski definition) is 1. The van der Waals surface area contributed by atoms with E-state index in [0.717, 1.165) is 11.8 Å². The van der Waals surface area contributed by atoms with Crippen LogP contribution in [0, 0.1) is 17.3 Å². The first-order valence-corrected chi connectivity index (χ1v) is 6.03. The highest BCUT2D eigenvalue weighted by Gasteiger charge is 2.35. The lowest BCUT2D eigenvalue weighted by molar-refractivity contribution is 0.0694. The first-order valence-electron chi connectivity index (χ1n) is 6.03. The third-order valence-electron chi connectivity index (χ3n) is 4.13. The van der Waals surface area contributed by atoms with Crippen LogP contribution in [0.15, 0.2) is 0 Å². The second-order valence-corrected chi connectivity index (χ2v) is 5.36. The Balaban J connectivity index is 4.65. The summed E-state index contributed by atoms with van der Waals surface area (Å²) in [6.45, 7) is 13.1. The Morgan fingerprint density at radius 3 is 1.57 bits per heavy atom. The van der Waals surface area contributed by atoms with Gasteiger partial charge in [0.15, 0.2) is 0 Å². The van der Waals surface area contributed by atoms with Crippen LogP contribution < -0.4 is 0 Å². The van der Waals surface area contributed by atoms with Crippen molar-refractivity contribution in [3.05, 3.63) is 0 Å². The highest BCUT2D eigenvalue weighted by molar-refractivity contribution is 4.85. The van der Waals surface area contributed by atoms with E-state index < -0.39 is 0 Å². The van der Waals surface area contributed by atoms with Crippen molar-refractivity contribution < 1.29 is 0 Å². The predicted octanol–water partition coefficient (Wildman–Crippen LogP) is 3.65. The van der Waals surface area contributed by atoms with Gasteiger partial charge in [-0.15, -0.1) is 0 Å². The van der Waals surface area contributed by atoms with Crippen LogP contribution in [0.25, 0.3) is 0 Å². The Kier molecular flexibility index (Phi) is 5.73. The van der Waals surface area contributed by atoms with Gasteiger partial charge in [0.1, 0.15) is 0 Å². The molecule has 0 bridgehead atoms. The van der Waals surface area contributed by atoms with Gasteiger partial charge in [0.2, 0.25) is 0 Å². The van der Waals surface area contributed by atoms with Crippen LogP contribution in [-0.4, -0.2) is 25.5 Å². The minimum atomic E-state index is 0.465. The van der Waals surface area contributed by atoms with Gasteiger partial charge in [-0.3, -0.25) is 0 Å². The first-order chi connectivity index (χ1) is 6.38. The number of nitrogens with zero attached hydrogens (tertiary/aromatic N) is 1. The standard InChI is InChI=1S/C13H29N/c1-8-11(3)13(5,10-14(6)7)12(4)9-2/h11-12H,8-10H2,1-7H3. The summed E-state index contributed by atoms with van der Waals surface area (Å²) >= 11 is 0. The summed E-state index contributed by atoms with van der Waals surface area (Å²) in [5.41, 5.74) is 0.465. The van der Waals surface area contributed by atoms with Crippen molar-refractivity contribution in [3.8, 4) is 0 Å². The zero-order chi connectivity index (χ0) is 11.4. The molecule has 0 aromatic heterocycles. The molecule has 0 aliphatic carbocycles. The summed E-state index contributed by atoms with van der Waals surface area (Å²) in [4.78, 5) is 2.33. The minimum Gasteiger partial charge on any atom is -0.309 e. The summed E-state index contributed by atoms with van der Waals surface area (Å²) < 4.78 is 0. The fraction of sp³-hybridized carbons (Fsp3) is 1.00. The number of rotatable bonds is 6. The first kappa shape index (κ1) is 14.0. The molecule has 0 N–H and O–H groups in total. The van der Waals surface area contributed by atoms with Crippen molar-refractivity contribution in [1.29, 1.82) is 0 Å². The number of hydrogen-bond donors (Lipinski definition) is 0. The molecule has 0 heterocycles. The Bertz CT molecular complexity index is 141. The van der Waals surface area contributed by atoms with Crippen molar-refractivity contribution >= 4 is 0 Å². The van der Waals surface area contributed by atoms with Crippen LogP contribution in [0.2, 0.25) is 0 Å². The van der Waals surface area contributed by atoms with Crippen LogP contribution in [0.3, 0.4) is 0 Å². The fourth-order valence-corrected chi connectivity index (χ4v) is 2.41. The van der Waals surface area contributed by atoms with E-state index in [1.54, 1.807) is 0 Å². The van der Waals surface area contributed by atoms with Gasteiger partial charge in [-0.05, 0) is 31.3 Å². The molecule has 0 spiro atoms. The molecule has 0 saturated carbocycles. The van der Waals surface area contributed by atoms with Crippen molar-refractivity contribution in [3.63, 3.8) is 0 Å². The average Bonchev–Trinajstić information content (AvgIpc) is 2.13. The van der Waals surface area contributed by atoms with Crippen LogP contribution in [0.1, 0.15) is 47.5 Å². The second kappa shape index (κ2) is 5.75. The molecule has 0 saturated heterocycles. The average molecular weight is 199 g/mol. The molecule has 2 atom stereocenters. The monoisotopic (exact) mass is 199 g/mol. The van der Waals surface area contributed by atoms with Crippen molar-refractivity contribution in [2.45, 2.75) is 47.5 Å². The summed E-state index contributed by atoms with van der Waals surface area (Å²) in [5, 5.41) is 0. The molecule has 0 aromatic rings.